The topological polar surface area (TPSA) is 29.3 Å². The van der Waals surface area contributed by atoms with Crippen molar-refractivity contribution in [2.75, 3.05) is 18.5 Å². The summed E-state index contributed by atoms with van der Waals surface area (Å²) in [6.07, 6.45) is -4.22. The van der Waals surface area contributed by atoms with Gasteiger partial charge in [0, 0.05) is 24.7 Å². The lowest BCUT2D eigenvalue weighted by molar-refractivity contribution is -0.119. The Morgan fingerprint density at radius 3 is 2.26 bits per heavy atom. The summed E-state index contributed by atoms with van der Waals surface area (Å²) in [5.41, 5.74) is 7.14. The fourth-order valence-electron chi connectivity index (χ4n) is 2.21. The lowest BCUT2D eigenvalue weighted by atomic mass is 10.0. The van der Waals surface area contributed by atoms with Crippen molar-refractivity contribution in [3.63, 3.8) is 0 Å². The summed E-state index contributed by atoms with van der Waals surface area (Å²) in [5, 5.41) is 1.69. The van der Waals surface area contributed by atoms with Gasteiger partial charge in [-0.2, -0.15) is 13.2 Å². The van der Waals surface area contributed by atoms with Crippen LogP contribution in [-0.4, -0.2) is 19.8 Å². The summed E-state index contributed by atoms with van der Waals surface area (Å²) in [6, 6.07) is 10.8. The maximum Gasteiger partial charge on any atom is 0.405 e. The number of halogens is 3. The van der Waals surface area contributed by atoms with E-state index in [1.807, 2.05) is 24.3 Å². The minimum atomic E-state index is -4.22. The van der Waals surface area contributed by atoms with Gasteiger partial charge in [0.15, 0.2) is 0 Å². The molecule has 0 saturated carbocycles. The van der Waals surface area contributed by atoms with Crippen molar-refractivity contribution >= 4 is 16.5 Å². The first kappa shape index (κ1) is 13.7. The molecule has 0 saturated heterocycles. The molecular weight excluding hydrogens is 253 g/mol. The minimum absolute atomic E-state index is 0.365. The highest BCUT2D eigenvalue weighted by molar-refractivity contribution is 5.96. The van der Waals surface area contributed by atoms with Crippen LogP contribution >= 0.6 is 0 Å². The average molecular weight is 268 g/mol. The highest BCUT2D eigenvalue weighted by Crippen LogP contribution is 2.30. The molecule has 0 aliphatic carbocycles. The lowest BCUT2D eigenvalue weighted by Crippen LogP contribution is -2.31. The molecular formula is C14H15F3N2. The molecule has 0 fully saturated rings. The number of nitrogens with two attached hydrogens (primary N) is 1. The predicted molar refractivity (Wildman–Crippen MR) is 71.2 cm³/mol. The molecule has 0 atom stereocenters. The SMILES string of the molecule is CN(CC(F)(F)F)c1ccc(CN)c2ccccc12. The van der Waals surface area contributed by atoms with Crippen molar-refractivity contribution in [3.05, 3.63) is 42.0 Å². The molecule has 2 rings (SSSR count). The van der Waals surface area contributed by atoms with Gasteiger partial charge in [-0.1, -0.05) is 30.3 Å². The Labute approximate surface area is 109 Å². The van der Waals surface area contributed by atoms with Crippen LogP contribution in [0.25, 0.3) is 10.8 Å². The monoisotopic (exact) mass is 268 g/mol. The summed E-state index contributed by atoms with van der Waals surface area (Å²) in [7, 11) is 1.44. The number of hydrogen-bond donors (Lipinski definition) is 1. The highest BCUT2D eigenvalue weighted by atomic mass is 19.4. The molecule has 0 aliphatic heterocycles. The second-order valence-electron chi connectivity index (χ2n) is 4.46. The molecule has 102 valence electrons. The van der Waals surface area contributed by atoms with Crippen LogP contribution in [-0.2, 0) is 6.54 Å². The van der Waals surface area contributed by atoms with Crippen LogP contribution in [0.2, 0.25) is 0 Å². The van der Waals surface area contributed by atoms with Gasteiger partial charge in [0.1, 0.15) is 6.54 Å². The molecule has 0 amide bonds. The van der Waals surface area contributed by atoms with Crippen molar-refractivity contribution in [1.29, 1.82) is 0 Å². The maximum atomic E-state index is 12.5. The standard InChI is InChI=1S/C14H15F3N2/c1-19(9-14(15,16)17)13-7-6-10(8-18)11-4-2-3-5-12(11)13/h2-7H,8-9,18H2,1H3. The van der Waals surface area contributed by atoms with Crippen molar-refractivity contribution < 1.29 is 13.2 Å². The van der Waals surface area contributed by atoms with E-state index >= 15 is 0 Å². The van der Waals surface area contributed by atoms with Gasteiger partial charge in [-0.05, 0) is 17.0 Å². The molecule has 0 spiro atoms. The maximum absolute atomic E-state index is 12.5. The van der Waals surface area contributed by atoms with Crippen LogP contribution in [0, 0.1) is 0 Å². The summed E-state index contributed by atoms with van der Waals surface area (Å²) in [6.45, 7) is -0.608. The van der Waals surface area contributed by atoms with Crippen LogP contribution in [0.5, 0.6) is 0 Å². The fraction of sp³-hybridized carbons (Fsp3) is 0.286. The molecule has 0 bridgehead atoms. The summed E-state index contributed by atoms with van der Waals surface area (Å²) in [5.74, 6) is 0. The van der Waals surface area contributed by atoms with Crippen LogP contribution in [0.4, 0.5) is 18.9 Å². The van der Waals surface area contributed by atoms with Gasteiger partial charge in [0.25, 0.3) is 0 Å². The number of benzene rings is 2. The molecule has 2 aromatic rings. The first-order chi connectivity index (χ1) is 8.92. The Morgan fingerprint density at radius 2 is 1.68 bits per heavy atom. The van der Waals surface area contributed by atoms with Crippen molar-refractivity contribution in [2.45, 2.75) is 12.7 Å². The third kappa shape index (κ3) is 2.98. The Kier molecular flexibility index (Phi) is 3.66. The molecule has 2 aromatic carbocycles. The van der Waals surface area contributed by atoms with Gasteiger partial charge < -0.3 is 10.6 Å². The Balaban J connectivity index is 2.50. The zero-order valence-corrected chi connectivity index (χ0v) is 10.5. The minimum Gasteiger partial charge on any atom is -0.365 e. The first-order valence-corrected chi connectivity index (χ1v) is 5.91. The van der Waals surface area contributed by atoms with Gasteiger partial charge in [0.05, 0.1) is 0 Å². The third-order valence-corrected chi connectivity index (χ3v) is 3.04. The molecule has 0 radical (unpaired) electrons. The molecule has 2 nitrogen and oxygen atoms in total. The number of rotatable bonds is 3. The van der Waals surface area contributed by atoms with Crippen LogP contribution in [0.15, 0.2) is 36.4 Å². The fourth-order valence-corrected chi connectivity index (χ4v) is 2.21. The average Bonchev–Trinajstić information content (AvgIpc) is 2.35. The zero-order chi connectivity index (χ0) is 14.0. The Morgan fingerprint density at radius 1 is 1.05 bits per heavy atom. The smallest absolute Gasteiger partial charge is 0.365 e. The highest BCUT2D eigenvalue weighted by Gasteiger charge is 2.29. The van der Waals surface area contributed by atoms with Crippen molar-refractivity contribution in [2.24, 2.45) is 5.73 Å². The van der Waals surface area contributed by atoms with Crippen molar-refractivity contribution in [1.82, 2.24) is 0 Å². The van der Waals surface area contributed by atoms with Gasteiger partial charge in [-0.3, -0.25) is 0 Å². The normalized spacial score (nSPS) is 11.8. The number of fused-ring (bicyclic) bond motifs is 1. The second-order valence-corrected chi connectivity index (χ2v) is 4.46. The van der Waals surface area contributed by atoms with E-state index in [0.29, 0.717) is 12.2 Å². The predicted octanol–water partition coefficient (Wildman–Crippen LogP) is 3.30. The lowest BCUT2D eigenvalue weighted by Gasteiger charge is -2.23. The van der Waals surface area contributed by atoms with Crippen molar-refractivity contribution in [3.8, 4) is 0 Å². The third-order valence-electron chi connectivity index (χ3n) is 3.04. The molecule has 0 aromatic heterocycles. The molecule has 0 aliphatic rings. The number of hydrogen-bond acceptors (Lipinski definition) is 2. The number of alkyl halides is 3. The van der Waals surface area contributed by atoms with Gasteiger partial charge in [-0.15, -0.1) is 0 Å². The second kappa shape index (κ2) is 5.09. The molecule has 0 unspecified atom stereocenters. The summed E-state index contributed by atoms with van der Waals surface area (Å²) < 4.78 is 37.4. The Hall–Kier alpha value is -1.75. The van der Waals surface area contributed by atoms with E-state index in [2.05, 4.69) is 0 Å². The van der Waals surface area contributed by atoms with E-state index in [9.17, 15) is 13.2 Å². The van der Waals surface area contributed by atoms with E-state index < -0.39 is 12.7 Å². The van der Waals surface area contributed by atoms with E-state index in [1.165, 1.54) is 11.9 Å². The van der Waals surface area contributed by atoms with E-state index in [1.54, 1.807) is 12.1 Å². The van der Waals surface area contributed by atoms with E-state index in [-0.39, 0.29) is 0 Å². The van der Waals surface area contributed by atoms with Crippen LogP contribution in [0.3, 0.4) is 0 Å². The van der Waals surface area contributed by atoms with E-state index in [0.717, 1.165) is 16.3 Å². The molecule has 5 heteroatoms. The number of nitrogens with zero attached hydrogens (tertiary/aromatic N) is 1. The van der Waals surface area contributed by atoms with Crippen LogP contribution < -0.4 is 10.6 Å². The first-order valence-electron chi connectivity index (χ1n) is 5.91. The summed E-state index contributed by atoms with van der Waals surface area (Å²) >= 11 is 0. The summed E-state index contributed by atoms with van der Waals surface area (Å²) in [4.78, 5) is 1.21. The van der Waals surface area contributed by atoms with Gasteiger partial charge in [-0.25, -0.2) is 0 Å². The van der Waals surface area contributed by atoms with E-state index in [4.69, 9.17) is 5.73 Å². The Bertz CT molecular complexity index is 578. The quantitative estimate of drug-likeness (QED) is 0.925. The molecule has 2 N–H and O–H groups in total. The number of anilines is 1. The van der Waals surface area contributed by atoms with Crippen LogP contribution in [0.1, 0.15) is 5.56 Å². The van der Waals surface area contributed by atoms with Gasteiger partial charge >= 0.3 is 6.18 Å². The largest absolute Gasteiger partial charge is 0.405 e. The zero-order valence-electron chi connectivity index (χ0n) is 10.5. The van der Waals surface area contributed by atoms with Gasteiger partial charge in [0.2, 0.25) is 0 Å². The molecule has 0 heterocycles. The molecule has 19 heavy (non-hydrogen) atoms.